The van der Waals surface area contributed by atoms with Crippen molar-refractivity contribution in [2.24, 2.45) is 0 Å². The minimum Gasteiger partial charge on any atom is -0.397 e. The predicted octanol–water partition coefficient (Wildman–Crippen LogP) is 5.39. The van der Waals surface area contributed by atoms with Gasteiger partial charge in [-0.25, -0.2) is 13.8 Å². The van der Waals surface area contributed by atoms with Gasteiger partial charge in [0.05, 0.1) is 16.3 Å². The summed E-state index contributed by atoms with van der Waals surface area (Å²) in [5.41, 5.74) is 9.35. The van der Waals surface area contributed by atoms with Crippen LogP contribution in [-0.2, 0) is 10.5 Å². The number of carbonyl (C=O) groups excluding carboxylic acids is 1. The highest BCUT2D eigenvalue weighted by Crippen LogP contribution is 2.32. The van der Waals surface area contributed by atoms with Gasteiger partial charge in [0.2, 0.25) is 0 Å². The average molecular weight is 595 g/mol. The molecule has 5 N–H and O–H groups in total. The van der Waals surface area contributed by atoms with Crippen LogP contribution in [0.25, 0.3) is 0 Å². The lowest BCUT2D eigenvalue weighted by molar-refractivity contribution is 0.0904. The second-order valence-electron chi connectivity index (χ2n) is 10.9. The van der Waals surface area contributed by atoms with Gasteiger partial charge in [0.1, 0.15) is 17.3 Å². The first-order chi connectivity index (χ1) is 20.2. The number of ether oxygens (including phenoxy) is 1. The van der Waals surface area contributed by atoms with Gasteiger partial charge in [-0.2, -0.15) is 0 Å². The van der Waals surface area contributed by atoms with Gasteiger partial charge in [-0.1, -0.05) is 6.07 Å². The fourth-order valence-corrected chi connectivity index (χ4v) is 6.16. The zero-order chi connectivity index (χ0) is 29.6. The second kappa shape index (κ2) is 13.6. The molecular formula is C31H36F2N6O2S. The molecule has 0 atom stereocenters. The van der Waals surface area contributed by atoms with E-state index in [2.05, 4.69) is 33.6 Å². The van der Waals surface area contributed by atoms with Crippen LogP contribution in [0.15, 0.2) is 53.6 Å². The van der Waals surface area contributed by atoms with Crippen molar-refractivity contribution in [1.82, 2.24) is 15.2 Å². The minimum absolute atomic E-state index is 0.126. The number of halogens is 2. The Morgan fingerprint density at radius 1 is 1.07 bits per heavy atom. The summed E-state index contributed by atoms with van der Waals surface area (Å²) in [6, 6.07) is 12.8. The molecule has 2 saturated heterocycles. The molecule has 0 saturated carbocycles. The highest BCUT2D eigenvalue weighted by Gasteiger charge is 2.23. The summed E-state index contributed by atoms with van der Waals surface area (Å²) in [5.74, 6) is -1.25. The molecule has 5 rings (SSSR count). The number of carbonyl (C=O) groups is 1. The SMILES string of the molecule is CN1CCC(c2ccc(C(=O)NC(=N)c3nc(SCc4cc(F)cc(F)c4)ccc3N)c(NC3CCOCC3)c2)CC1. The number of aromatic nitrogens is 1. The topological polar surface area (TPSA) is 116 Å². The number of nitrogen functional groups attached to an aromatic ring is 1. The molecule has 42 heavy (non-hydrogen) atoms. The van der Waals surface area contributed by atoms with Gasteiger partial charge in [-0.3, -0.25) is 10.2 Å². The Hall–Kier alpha value is -3.54. The smallest absolute Gasteiger partial charge is 0.258 e. The van der Waals surface area contributed by atoms with Gasteiger partial charge in [-0.05, 0) is 99.3 Å². The summed E-state index contributed by atoms with van der Waals surface area (Å²) in [6.45, 7) is 3.42. The van der Waals surface area contributed by atoms with Crippen molar-refractivity contribution in [3.63, 3.8) is 0 Å². The van der Waals surface area contributed by atoms with Crippen molar-refractivity contribution in [2.75, 3.05) is 44.4 Å². The molecule has 1 amide bonds. The van der Waals surface area contributed by atoms with Gasteiger partial charge in [-0.15, -0.1) is 11.8 Å². The van der Waals surface area contributed by atoms with Crippen LogP contribution >= 0.6 is 11.8 Å². The maximum absolute atomic E-state index is 13.6. The standard InChI is InChI=1S/C31H36F2N6O2S/c1-39-10-6-20(7-11-39)21-2-3-25(27(16-21)36-24-8-12-41-13-9-24)31(40)38-30(35)29-26(34)4-5-28(37-29)42-18-19-14-22(32)17-23(33)15-19/h2-5,14-17,20,24,36H,6-13,18,34H2,1H3,(H2,35,38,40). The molecule has 2 aliphatic heterocycles. The lowest BCUT2D eigenvalue weighted by atomic mass is 9.88. The average Bonchev–Trinajstić information content (AvgIpc) is 2.97. The first-order valence-corrected chi connectivity index (χ1v) is 15.1. The van der Waals surface area contributed by atoms with E-state index >= 15 is 0 Å². The van der Waals surface area contributed by atoms with Crippen LogP contribution in [0.1, 0.15) is 58.8 Å². The Kier molecular flexibility index (Phi) is 9.71. The molecule has 0 unspecified atom stereocenters. The van der Waals surface area contributed by atoms with Crippen molar-refractivity contribution < 1.29 is 18.3 Å². The van der Waals surface area contributed by atoms with Crippen LogP contribution in [0.5, 0.6) is 0 Å². The quantitative estimate of drug-likeness (QED) is 0.157. The number of nitrogens with zero attached hydrogens (tertiary/aromatic N) is 2. The summed E-state index contributed by atoms with van der Waals surface area (Å²) in [5, 5.41) is 15.4. The van der Waals surface area contributed by atoms with Crippen LogP contribution in [0.4, 0.5) is 20.2 Å². The lowest BCUT2D eigenvalue weighted by Crippen LogP contribution is -2.34. The van der Waals surface area contributed by atoms with Crippen molar-refractivity contribution in [3.8, 4) is 0 Å². The number of pyridine rings is 1. The van der Waals surface area contributed by atoms with E-state index in [9.17, 15) is 13.6 Å². The van der Waals surface area contributed by atoms with Gasteiger partial charge in [0.15, 0.2) is 5.84 Å². The number of hydrogen-bond donors (Lipinski definition) is 4. The maximum atomic E-state index is 13.6. The number of thioether (sulfide) groups is 1. The van der Waals surface area contributed by atoms with E-state index in [1.807, 2.05) is 12.1 Å². The van der Waals surface area contributed by atoms with Crippen LogP contribution < -0.4 is 16.4 Å². The Morgan fingerprint density at radius 2 is 1.79 bits per heavy atom. The van der Waals surface area contributed by atoms with E-state index in [1.54, 1.807) is 12.1 Å². The number of rotatable bonds is 8. The van der Waals surface area contributed by atoms with Crippen molar-refractivity contribution >= 4 is 34.9 Å². The summed E-state index contributed by atoms with van der Waals surface area (Å²) in [6.07, 6.45) is 3.83. The van der Waals surface area contributed by atoms with E-state index in [-0.39, 0.29) is 29.0 Å². The summed E-state index contributed by atoms with van der Waals surface area (Å²) in [7, 11) is 2.14. The first kappa shape index (κ1) is 29.9. The number of nitrogens with one attached hydrogen (secondary N) is 3. The zero-order valence-electron chi connectivity index (χ0n) is 23.6. The molecule has 2 aromatic carbocycles. The number of anilines is 2. The Labute approximate surface area is 248 Å². The van der Waals surface area contributed by atoms with Crippen LogP contribution in [0.2, 0.25) is 0 Å². The fraction of sp³-hybridized carbons (Fsp3) is 0.387. The van der Waals surface area contributed by atoms with Gasteiger partial charge in [0.25, 0.3) is 5.91 Å². The third kappa shape index (κ3) is 7.64. The summed E-state index contributed by atoms with van der Waals surface area (Å²) < 4.78 is 32.6. The second-order valence-corrected chi connectivity index (χ2v) is 11.9. The van der Waals surface area contributed by atoms with Gasteiger partial charge < -0.3 is 26.0 Å². The van der Waals surface area contributed by atoms with Crippen molar-refractivity contribution in [1.29, 1.82) is 5.41 Å². The third-order valence-corrected chi connectivity index (χ3v) is 8.75. The Morgan fingerprint density at radius 3 is 2.50 bits per heavy atom. The number of amides is 1. The molecular weight excluding hydrogens is 558 g/mol. The van der Waals surface area contributed by atoms with Crippen molar-refractivity contribution in [3.05, 3.63) is 82.5 Å². The number of likely N-dealkylation sites (tertiary alicyclic amines) is 1. The van der Waals surface area contributed by atoms with Crippen LogP contribution in [0.3, 0.4) is 0 Å². The molecule has 0 bridgehead atoms. The molecule has 222 valence electrons. The highest BCUT2D eigenvalue weighted by atomic mass is 32.2. The molecule has 0 spiro atoms. The monoisotopic (exact) mass is 594 g/mol. The number of piperidine rings is 1. The fourth-order valence-electron chi connectivity index (χ4n) is 5.36. The van der Waals surface area contributed by atoms with Crippen LogP contribution in [0, 0.1) is 17.0 Å². The third-order valence-electron chi connectivity index (χ3n) is 7.74. The number of nitrogens with two attached hydrogens (primary N) is 1. The molecule has 8 nitrogen and oxygen atoms in total. The zero-order valence-corrected chi connectivity index (χ0v) is 24.4. The van der Waals surface area contributed by atoms with E-state index in [0.717, 1.165) is 50.5 Å². The van der Waals surface area contributed by atoms with E-state index in [0.29, 0.717) is 35.3 Å². The lowest BCUT2D eigenvalue weighted by Gasteiger charge is -2.30. The minimum atomic E-state index is -0.647. The molecule has 3 heterocycles. The van der Waals surface area contributed by atoms with Crippen molar-refractivity contribution in [2.45, 2.75) is 48.4 Å². The van der Waals surface area contributed by atoms with Gasteiger partial charge in [0, 0.05) is 36.8 Å². The number of hydrogen-bond acceptors (Lipinski definition) is 8. The Bertz CT molecular complexity index is 1420. The first-order valence-electron chi connectivity index (χ1n) is 14.2. The number of amidine groups is 1. The molecule has 3 aromatic rings. The molecule has 0 aliphatic carbocycles. The van der Waals surface area contributed by atoms with E-state index in [1.165, 1.54) is 29.5 Å². The van der Waals surface area contributed by atoms with Gasteiger partial charge >= 0.3 is 0 Å². The van der Waals surface area contributed by atoms with E-state index < -0.39 is 17.5 Å². The van der Waals surface area contributed by atoms with Crippen LogP contribution in [-0.4, -0.2) is 61.0 Å². The molecule has 11 heteroatoms. The summed E-state index contributed by atoms with van der Waals surface area (Å²) in [4.78, 5) is 20.3. The highest BCUT2D eigenvalue weighted by molar-refractivity contribution is 7.98. The Balaban J connectivity index is 1.32. The summed E-state index contributed by atoms with van der Waals surface area (Å²) >= 11 is 1.25. The van der Waals surface area contributed by atoms with E-state index in [4.69, 9.17) is 15.9 Å². The molecule has 2 aliphatic rings. The molecule has 0 radical (unpaired) electrons. The predicted molar refractivity (Wildman–Crippen MR) is 162 cm³/mol. The number of benzene rings is 2. The molecule has 2 fully saturated rings. The molecule has 1 aromatic heterocycles. The normalized spacial score (nSPS) is 16.7. The maximum Gasteiger partial charge on any atom is 0.258 e. The largest absolute Gasteiger partial charge is 0.397 e.